The molecule has 1 saturated carbocycles. The summed E-state index contributed by atoms with van der Waals surface area (Å²) in [6.45, 7) is 1.90. The summed E-state index contributed by atoms with van der Waals surface area (Å²) in [5, 5.41) is 18.5. The van der Waals surface area contributed by atoms with Gasteiger partial charge in [0.25, 0.3) is 5.91 Å². The van der Waals surface area contributed by atoms with Crippen molar-refractivity contribution in [2.45, 2.75) is 45.1 Å². The fraction of sp³-hybridized carbons (Fsp3) is 0.308. The standard InChI is InChI=1S/C26H26Cl2N4O4S/c1-26(10-3-2-4-11-26)22(24(34)35)32-23(33)21-18(14-19(37-21)15-8-12-29-13-9-15)30-25(36)31-20-16(27)6-5-7-17(20)28/h5-9,12-14,22H,2-4,10-11H2,1H3,(H,32,33)(H,34,35)(H2,30,31,36)/t22-/m1/s1. The molecule has 1 atom stereocenters. The number of carboxylic acids is 1. The predicted molar refractivity (Wildman–Crippen MR) is 147 cm³/mol. The van der Waals surface area contributed by atoms with Gasteiger partial charge in [-0.2, -0.15) is 0 Å². The lowest BCUT2D eigenvalue weighted by molar-refractivity contribution is -0.143. The van der Waals surface area contributed by atoms with Crippen molar-refractivity contribution in [2.24, 2.45) is 5.41 Å². The SMILES string of the molecule is CC1([C@H](NC(=O)c2sc(-c3ccncc3)cc2NC(=O)Nc2c(Cl)cccc2Cl)C(=O)O)CCCCC1. The summed E-state index contributed by atoms with van der Waals surface area (Å²) in [7, 11) is 0. The highest BCUT2D eigenvalue weighted by Gasteiger charge is 2.41. The van der Waals surface area contributed by atoms with Crippen LogP contribution in [-0.4, -0.2) is 34.0 Å². The van der Waals surface area contributed by atoms with Crippen molar-refractivity contribution >= 4 is 63.8 Å². The summed E-state index contributed by atoms with van der Waals surface area (Å²) >= 11 is 13.5. The van der Waals surface area contributed by atoms with Gasteiger partial charge in [0.05, 0.1) is 21.4 Å². The Balaban J connectivity index is 1.63. The van der Waals surface area contributed by atoms with Crippen molar-refractivity contribution in [1.82, 2.24) is 10.3 Å². The fourth-order valence-corrected chi connectivity index (χ4v) is 6.09. The van der Waals surface area contributed by atoms with E-state index < -0.39 is 29.4 Å². The molecule has 11 heteroatoms. The van der Waals surface area contributed by atoms with E-state index in [9.17, 15) is 19.5 Å². The van der Waals surface area contributed by atoms with Crippen molar-refractivity contribution in [3.63, 3.8) is 0 Å². The second kappa shape index (κ2) is 11.5. The molecule has 4 rings (SSSR count). The molecular formula is C26H26Cl2N4O4S. The third-order valence-corrected chi connectivity index (χ3v) is 8.38. The third-order valence-electron chi connectivity index (χ3n) is 6.57. The average Bonchev–Trinajstić information content (AvgIpc) is 3.29. The Morgan fingerprint density at radius 2 is 1.68 bits per heavy atom. The molecular weight excluding hydrogens is 535 g/mol. The van der Waals surface area contributed by atoms with Gasteiger partial charge in [-0.1, -0.05) is 55.5 Å². The maximum Gasteiger partial charge on any atom is 0.326 e. The number of amides is 3. The van der Waals surface area contributed by atoms with Gasteiger partial charge in [-0.3, -0.25) is 9.78 Å². The molecule has 0 bridgehead atoms. The highest BCUT2D eigenvalue weighted by atomic mass is 35.5. The van der Waals surface area contributed by atoms with Crippen LogP contribution < -0.4 is 16.0 Å². The van der Waals surface area contributed by atoms with E-state index >= 15 is 0 Å². The fourth-order valence-electron chi connectivity index (χ4n) is 4.57. The third kappa shape index (κ3) is 6.23. The highest BCUT2D eigenvalue weighted by Crippen LogP contribution is 2.40. The minimum Gasteiger partial charge on any atom is -0.480 e. The number of para-hydroxylation sites is 1. The minimum absolute atomic E-state index is 0.179. The Labute approximate surface area is 228 Å². The van der Waals surface area contributed by atoms with Crippen LogP contribution >= 0.6 is 34.5 Å². The number of carbonyl (C=O) groups is 3. The molecule has 1 aliphatic rings. The lowest BCUT2D eigenvalue weighted by atomic mass is 9.70. The summed E-state index contributed by atoms with van der Waals surface area (Å²) in [6.07, 6.45) is 7.55. The molecule has 8 nitrogen and oxygen atoms in total. The van der Waals surface area contributed by atoms with Crippen LogP contribution in [0.15, 0.2) is 48.8 Å². The number of pyridine rings is 1. The first-order valence-corrected chi connectivity index (χ1v) is 13.3. The Hall–Kier alpha value is -3.14. The van der Waals surface area contributed by atoms with E-state index in [2.05, 4.69) is 20.9 Å². The Morgan fingerprint density at radius 1 is 1.03 bits per heavy atom. The summed E-state index contributed by atoms with van der Waals surface area (Å²) in [5.41, 5.74) is 0.699. The van der Waals surface area contributed by atoms with E-state index in [1.807, 2.05) is 6.92 Å². The molecule has 0 spiro atoms. The van der Waals surface area contributed by atoms with Crippen molar-refractivity contribution < 1.29 is 19.5 Å². The molecule has 1 fully saturated rings. The normalized spacial score (nSPS) is 15.4. The van der Waals surface area contributed by atoms with E-state index in [4.69, 9.17) is 23.2 Å². The summed E-state index contributed by atoms with van der Waals surface area (Å²) in [4.78, 5) is 43.4. The van der Waals surface area contributed by atoms with Gasteiger partial charge < -0.3 is 21.1 Å². The van der Waals surface area contributed by atoms with Crippen LogP contribution in [0.2, 0.25) is 10.0 Å². The number of halogens is 2. The number of aromatic nitrogens is 1. The van der Waals surface area contributed by atoms with Crippen molar-refractivity contribution in [1.29, 1.82) is 0 Å². The first-order chi connectivity index (χ1) is 17.7. The quantitative estimate of drug-likeness (QED) is 0.250. The number of rotatable bonds is 7. The van der Waals surface area contributed by atoms with Crippen LogP contribution in [0.25, 0.3) is 10.4 Å². The smallest absolute Gasteiger partial charge is 0.326 e. The molecule has 4 N–H and O–H groups in total. The van der Waals surface area contributed by atoms with Gasteiger partial charge in [-0.15, -0.1) is 11.3 Å². The maximum atomic E-state index is 13.5. The van der Waals surface area contributed by atoms with Gasteiger partial charge in [-0.05, 0) is 54.2 Å². The van der Waals surface area contributed by atoms with Crippen LogP contribution in [0.1, 0.15) is 48.7 Å². The molecule has 0 saturated heterocycles. The number of aliphatic carboxylic acids is 1. The van der Waals surface area contributed by atoms with Crippen LogP contribution in [0.5, 0.6) is 0 Å². The zero-order chi connectivity index (χ0) is 26.6. The molecule has 1 aliphatic carbocycles. The molecule has 37 heavy (non-hydrogen) atoms. The molecule has 0 radical (unpaired) electrons. The largest absolute Gasteiger partial charge is 0.480 e. The second-order valence-electron chi connectivity index (χ2n) is 9.22. The topological polar surface area (TPSA) is 120 Å². The van der Waals surface area contributed by atoms with Gasteiger partial charge in [0.15, 0.2) is 0 Å². The van der Waals surface area contributed by atoms with E-state index in [0.29, 0.717) is 17.7 Å². The number of anilines is 2. The number of nitrogens with zero attached hydrogens (tertiary/aromatic N) is 1. The van der Waals surface area contributed by atoms with Gasteiger partial charge in [-0.25, -0.2) is 9.59 Å². The van der Waals surface area contributed by atoms with Crippen LogP contribution in [0.3, 0.4) is 0 Å². The molecule has 0 aliphatic heterocycles. The molecule has 2 aromatic heterocycles. The Kier molecular flexibility index (Phi) is 8.36. The summed E-state index contributed by atoms with van der Waals surface area (Å²) in [6, 6.07) is 8.35. The second-order valence-corrected chi connectivity index (χ2v) is 11.1. The average molecular weight is 561 g/mol. The van der Waals surface area contributed by atoms with Gasteiger partial charge >= 0.3 is 12.0 Å². The molecule has 3 amide bonds. The zero-order valence-electron chi connectivity index (χ0n) is 20.0. The molecule has 194 valence electrons. The lowest BCUT2D eigenvalue weighted by Crippen LogP contribution is -2.52. The van der Waals surface area contributed by atoms with Gasteiger partial charge in [0, 0.05) is 17.3 Å². The van der Waals surface area contributed by atoms with Crippen LogP contribution in [0.4, 0.5) is 16.2 Å². The van der Waals surface area contributed by atoms with E-state index in [0.717, 1.165) is 36.2 Å². The molecule has 2 heterocycles. The number of carbonyl (C=O) groups excluding carboxylic acids is 2. The first kappa shape index (κ1) is 26.9. The van der Waals surface area contributed by atoms with Gasteiger partial charge in [0.1, 0.15) is 10.9 Å². The lowest BCUT2D eigenvalue weighted by Gasteiger charge is -2.38. The predicted octanol–water partition coefficient (Wildman–Crippen LogP) is 6.91. The first-order valence-electron chi connectivity index (χ1n) is 11.8. The number of benzene rings is 1. The number of carboxylic acid groups (broad SMARTS) is 1. The van der Waals surface area contributed by atoms with Crippen LogP contribution in [0, 0.1) is 5.41 Å². The minimum atomic E-state index is -1.08. The monoisotopic (exact) mass is 560 g/mol. The van der Waals surface area contributed by atoms with Crippen molar-refractivity contribution in [3.05, 3.63) is 63.7 Å². The van der Waals surface area contributed by atoms with Crippen molar-refractivity contribution in [2.75, 3.05) is 10.6 Å². The van der Waals surface area contributed by atoms with E-state index in [1.165, 1.54) is 0 Å². The van der Waals surface area contributed by atoms with E-state index in [1.54, 1.807) is 48.8 Å². The van der Waals surface area contributed by atoms with E-state index in [-0.39, 0.29) is 26.3 Å². The zero-order valence-corrected chi connectivity index (χ0v) is 22.3. The summed E-state index contributed by atoms with van der Waals surface area (Å²) in [5.74, 6) is -1.65. The Bertz CT molecular complexity index is 1290. The summed E-state index contributed by atoms with van der Waals surface area (Å²) < 4.78 is 0. The van der Waals surface area contributed by atoms with Crippen LogP contribution in [-0.2, 0) is 4.79 Å². The highest BCUT2D eigenvalue weighted by molar-refractivity contribution is 7.18. The molecule has 3 aromatic rings. The molecule has 1 aromatic carbocycles. The number of hydrogen-bond donors (Lipinski definition) is 4. The number of thiophene rings is 1. The number of urea groups is 1. The number of nitrogens with one attached hydrogen (secondary N) is 3. The Morgan fingerprint density at radius 3 is 2.30 bits per heavy atom. The maximum absolute atomic E-state index is 13.5. The van der Waals surface area contributed by atoms with Gasteiger partial charge in [0.2, 0.25) is 0 Å². The number of hydrogen-bond acceptors (Lipinski definition) is 5. The molecule has 0 unspecified atom stereocenters. The van der Waals surface area contributed by atoms with Crippen molar-refractivity contribution in [3.8, 4) is 10.4 Å².